The van der Waals surface area contributed by atoms with Crippen LogP contribution >= 0.6 is 0 Å². The van der Waals surface area contributed by atoms with Gasteiger partial charge < -0.3 is 5.11 Å². The third-order valence-electron chi connectivity index (χ3n) is 4.29. The van der Waals surface area contributed by atoms with Gasteiger partial charge in [-0.25, -0.2) is 4.90 Å². The van der Waals surface area contributed by atoms with E-state index in [-0.39, 0.29) is 24.0 Å². The van der Waals surface area contributed by atoms with E-state index in [1.54, 1.807) is 36.4 Å². The molecule has 0 bridgehead atoms. The number of rotatable bonds is 2. The lowest BCUT2D eigenvalue weighted by Gasteiger charge is -2.14. The summed E-state index contributed by atoms with van der Waals surface area (Å²) < 4.78 is 0. The third-order valence-corrected chi connectivity index (χ3v) is 4.29. The first-order valence-corrected chi connectivity index (χ1v) is 7.97. The zero-order chi connectivity index (χ0) is 17.4. The highest BCUT2D eigenvalue weighted by atomic mass is 16.3. The van der Waals surface area contributed by atoms with Crippen molar-refractivity contribution in [2.45, 2.75) is 6.42 Å². The van der Waals surface area contributed by atoms with E-state index in [1.807, 2.05) is 36.4 Å². The molecular formula is C21H15NO3. The molecule has 4 rings (SSSR count). The summed E-state index contributed by atoms with van der Waals surface area (Å²) in [5.74, 6) is -0.368. The van der Waals surface area contributed by atoms with Gasteiger partial charge in [0.15, 0.2) is 0 Å². The summed E-state index contributed by atoms with van der Waals surface area (Å²) in [4.78, 5) is 26.3. The quantitative estimate of drug-likeness (QED) is 0.573. The molecular weight excluding hydrogens is 314 g/mol. The SMILES string of the molecule is O=C1CC(=Cc2ccc(O)cc2)C(=O)N1c1ccc2ccccc2c1. The summed E-state index contributed by atoms with van der Waals surface area (Å²) in [5, 5.41) is 11.4. The van der Waals surface area contributed by atoms with Gasteiger partial charge in [-0.2, -0.15) is 0 Å². The summed E-state index contributed by atoms with van der Waals surface area (Å²) in [6.07, 6.45) is 1.77. The highest BCUT2D eigenvalue weighted by molar-refractivity contribution is 6.29. The van der Waals surface area contributed by atoms with Gasteiger partial charge in [-0.05, 0) is 46.7 Å². The average molecular weight is 329 g/mol. The van der Waals surface area contributed by atoms with Crippen LogP contribution in [0.2, 0.25) is 0 Å². The van der Waals surface area contributed by atoms with Crippen LogP contribution in [0.25, 0.3) is 16.8 Å². The fourth-order valence-corrected chi connectivity index (χ4v) is 3.04. The van der Waals surface area contributed by atoms with Gasteiger partial charge in [0.05, 0.1) is 12.1 Å². The normalized spacial score (nSPS) is 16.2. The molecule has 3 aromatic carbocycles. The maximum absolute atomic E-state index is 12.7. The molecule has 1 fully saturated rings. The van der Waals surface area contributed by atoms with Crippen LogP contribution in [0.3, 0.4) is 0 Å². The van der Waals surface area contributed by atoms with Gasteiger partial charge in [0.1, 0.15) is 5.75 Å². The zero-order valence-corrected chi connectivity index (χ0v) is 13.3. The molecule has 0 saturated carbocycles. The van der Waals surface area contributed by atoms with Crippen LogP contribution in [-0.2, 0) is 9.59 Å². The van der Waals surface area contributed by atoms with Gasteiger partial charge in [0, 0.05) is 5.57 Å². The number of amides is 2. The Morgan fingerprint density at radius 3 is 2.36 bits per heavy atom. The third kappa shape index (κ3) is 2.78. The van der Waals surface area contributed by atoms with E-state index in [0.29, 0.717) is 11.3 Å². The van der Waals surface area contributed by atoms with Crippen LogP contribution in [0.1, 0.15) is 12.0 Å². The molecule has 1 N–H and O–H groups in total. The highest BCUT2D eigenvalue weighted by Gasteiger charge is 2.34. The van der Waals surface area contributed by atoms with Gasteiger partial charge in [0.2, 0.25) is 5.91 Å². The summed E-state index contributed by atoms with van der Waals surface area (Å²) >= 11 is 0. The second-order valence-corrected chi connectivity index (χ2v) is 6.00. The van der Waals surface area contributed by atoms with Crippen molar-refractivity contribution in [1.29, 1.82) is 0 Å². The maximum atomic E-state index is 12.7. The molecule has 0 atom stereocenters. The van der Waals surface area contributed by atoms with E-state index in [2.05, 4.69) is 0 Å². The van der Waals surface area contributed by atoms with Gasteiger partial charge >= 0.3 is 0 Å². The Labute approximate surface area is 144 Å². The molecule has 2 amide bonds. The van der Waals surface area contributed by atoms with Crippen LogP contribution in [0, 0.1) is 0 Å². The van der Waals surface area contributed by atoms with Crippen molar-refractivity contribution in [3.63, 3.8) is 0 Å². The van der Waals surface area contributed by atoms with E-state index in [4.69, 9.17) is 0 Å². The molecule has 0 radical (unpaired) electrons. The Morgan fingerprint density at radius 2 is 1.60 bits per heavy atom. The summed E-state index contributed by atoms with van der Waals surface area (Å²) in [6, 6.07) is 19.9. The molecule has 0 aliphatic carbocycles. The van der Waals surface area contributed by atoms with Gasteiger partial charge in [0.25, 0.3) is 5.91 Å². The summed E-state index contributed by atoms with van der Waals surface area (Å²) in [5.41, 5.74) is 1.81. The lowest BCUT2D eigenvalue weighted by molar-refractivity contribution is -0.120. The minimum absolute atomic E-state index is 0.0759. The van der Waals surface area contributed by atoms with E-state index in [0.717, 1.165) is 16.3 Å². The van der Waals surface area contributed by atoms with Crippen molar-refractivity contribution in [3.8, 4) is 5.75 Å². The molecule has 4 heteroatoms. The first-order chi connectivity index (χ1) is 12.1. The van der Waals surface area contributed by atoms with Crippen LogP contribution in [-0.4, -0.2) is 16.9 Å². The van der Waals surface area contributed by atoms with Crippen molar-refractivity contribution in [2.75, 3.05) is 4.90 Å². The standard InChI is InChI=1S/C21H15NO3/c23-19-9-5-14(6-10-19)11-17-13-20(24)22(21(17)25)18-8-7-15-3-1-2-4-16(15)12-18/h1-12,23H,13H2. The number of nitrogens with zero attached hydrogens (tertiary/aromatic N) is 1. The molecule has 3 aromatic rings. The van der Waals surface area contributed by atoms with Crippen LogP contribution in [0.4, 0.5) is 5.69 Å². The van der Waals surface area contributed by atoms with Crippen molar-refractivity contribution < 1.29 is 14.7 Å². The first kappa shape index (κ1) is 15.1. The fourth-order valence-electron chi connectivity index (χ4n) is 3.04. The molecule has 1 aliphatic heterocycles. The Kier molecular flexibility index (Phi) is 3.58. The molecule has 25 heavy (non-hydrogen) atoms. The van der Waals surface area contributed by atoms with Gasteiger partial charge in [-0.1, -0.05) is 42.5 Å². The van der Waals surface area contributed by atoms with E-state index < -0.39 is 0 Å². The van der Waals surface area contributed by atoms with Crippen LogP contribution in [0.5, 0.6) is 5.75 Å². The Balaban J connectivity index is 1.69. The average Bonchev–Trinajstić information content (AvgIpc) is 2.90. The minimum atomic E-state index is -0.298. The van der Waals surface area contributed by atoms with E-state index >= 15 is 0 Å². The maximum Gasteiger partial charge on any atom is 0.261 e. The minimum Gasteiger partial charge on any atom is -0.508 e. The topological polar surface area (TPSA) is 57.6 Å². The Morgan fingerprint density at radius 1 is 0.880 bits per heavy atom. The highest BCUT2D eigenvalue weighted by Crippen LogP contribution is 2.30. The second-order valence-electron chi connectivity index (χ2n) is 6.00. The predicted molar refractivity (Wildman–Crippen MR) is 97.1 cm³/mol. The molecule has 1 saturated heterocycles. The summed E-state index contributed by atoms with van der Waals surface area (Å²) in [6.45, 7) is 0. The van der Waals surface area contributed by atoms with Crippen LogP contribution in [0.15, 0.2) is 72.3 Å². The monoisotopic (exact) mass is 329 g/mol. The number of hydrogen-bond donors (Lipinski definition) is 1. The van der Waals surface area contributed by atoms with E-state index in [1.165, 1.54) is 4.90 Å². The Hall–Kier alpha value is -3.40. The molecule has 1 heterocycles. The smallest absolute Gasteiger partial charge is 0.261 e. The number of fused-ring (bicyclic) bond motifs is 1. The summed E-state index contributed by atoms with van der Waals surface area (Å²) in [7, 11) is 0. The van der Waals surface area contributed by atoms with Crippen molar-refractivity contribution in [1.82, 2.24) is 0 Å². The number of benzene rings is 3. The number of aromatic hydroxyl groups is 1. The number of imide groups is 1. The molecule has 0 aromatic heterocycles. The number of anilines is 1. The zero-order valence-electron chi connectivity index (χ0n) is 13.3. The second kappa shape index (κ2) is 5.91. The predicted octanol–water partition coefficient (Wildman–Crippen LogP) is 3.89. The number of carbonyl (C=O) groups excluding carboxylic acids is 2. The number of hydrogen-bond acceptors (Lipinski definition) is 3. The van der Waals surface area contributed by atoms with E-state index in [9.17, 15) is 14.7 Å². The van der Waals surface area contributed by atoms with Crippen molar-refractivity contribution in [3.05, 3.63) is 77.9 Å². The van der Waals surface area contributed by atoms with Crippen molar-refractivity contribution in [2.24, 2.45) is 0 Å². The van der Waals surface area contributed by atoms with Gasteiger partial charge in [-0.3, -0.25) is 9.59 Å². The molecule has 122 valence electrons. The molecule has 4 nitrogen and oxygen atoms in total. The lowest BCUT2D eigenvalue weighted by Crippen LogP contribution is -2.28. The number of phenols is 1. The van der Waals surface area contributed by atoms with Gasteiger partial charge in [-0.15, -0.1) is 0 Å². The first-order valence-electron chi connectivity index (χ1n) is 7.97. The lowest BCUT2D eigenvalue weighted by atomic mass is 10.1. The van der Waals surface area contributed by atoms with Crippen molar-refractivity contribution >= 4 is 34.4 Å². The molecule has 0 unspecified atom stereocenters. The largest absolute Gasteiger partial charge is 0.508 e. The Bertz CT molecular complexity index is 1020. The molecule has 0 spiro atoms. The number of carbonyl (C=O) groups is 2. The fraction of sp³-hybridized carbons (Fsp3) is 0.0476. The van der Waals surface area contributed by atoms with Crippen LogP contribution < -0.4 is 4.90 Å². The molecule has 1 aliphatic rings. The number of phenolic OH excluding ortho intramolecular Hbond substituents is 1.